The minimum Gasteiger partial charge on any atom is -0.380 e. The van der Waals surface area contributed by atoms with E-state index in [1.54, 1.807) is 0 Å². The van der Waals surface area contributed by atoms with Crippen molar-refractivity contribution in [1.82, 2.24) is 4.98 Å². The van der Waals surface area contributed by atoms with Crippen LogP contribution in [0.2, 0.25) is 5.02 Å². The Hall–Kier alpha value is -1.15. The molecule has 0 saturated carbocycles. The molecule has 0 amide bonds. The van der Waals surface area contributed by atoms with Gasteiger partial charge in [0.2, 0.25) is 0 Å². The summed E-state index contributed by atoms with van der Waals surface area (Å²) in [7, 11) is 0. The SMILES string of the molecule is N#Cc1cncc(C2(O)COC2)c1Cl. The van der Waals surface area contributed by atoms with Gasteiger partial charge in [-0.05, 0) is 0 Å². The first-order chi connectivity index (χ1) is 6.67. The molecule has 0 unspecified atom stereocenters. The summed E-state index contributed by atoms with van der Waals surface area (Å²) in [4.78, 5) is 3.84. The van der Waals surface area contributed by atoms with Gasteiger partial charge in [-0.1, -0.05) is 11.6 Å². The minimum atomic E-state index is -1.07. The Bertz CT molecular complexity index is 410. The van der Waals surface area contributed by atoms with Gasteiger partial charge in [-0.25, -0.2) is 0 Å². The predicted octanol–water partition coefficient (Wildman–Crippen LogP) is 0.824. The highest BCUT2D eigenvalue weighted by Gasteiger charge is 2.40. The Balaban J connectivity index is 2.49. The Kier molecular flexibility index (Phi) is 2.16. The number of pyridine rings is 1. The molecule has 14 heavy (non-hydrogen) atoms. The van der Waals surface area contributed by atoms with Gasteiger partial charge in [0.1, 0.15) is 11.7 Å². The molecule has 1 aromatic rings. The summed E-state index contributed by atoms with van der Waals surface area (Å²) in [5.41, 5.74) is -0.342. The average Bonchev–Trinajstić information content (AvgIpc) is 2.15. The standard InChI is InChI=1S/C9H7ClN2O2/c10-8-6(1-11)2-12-3-7(8)9(13)4-14-5-9/h2-3,13H,4-5H2. The lowest BCUT2D eigenvalue weighted by Gasteiger charge is -2.36. The van der Waals surface area contributed by atoms with Gasteiger partial charge < -0.3 is 9.84 Å². The van der Waals surface area contributed by atoms with Gasteiger partial charge in [0.15, 0.2) is 0 Å². The Morgan fingerprint density at radius 2 is 2.29 bits per heavy atom. The van der Waals surface area contributed by atoms with E-state index in [0.29, 0.717) is 5.56 Å². The van der Waals surface area contributed by atoms with Crippen LogP contribution in [0.5, 0.6) is 0 Å². The van der Waals surface area contributed by atoms with Crippen LogP contribution in [0.3, 0.4) is 0 Å². The largest absolute Gasteiger partial charge is 0.380 e. The highest BCUT2D eigenvalue weighted by atomic mass is 35.5. The maximum absolute atomic E-state index is 9.92. The van der Waals surface area contributed by atoms with Crippen LogP contribution in [-0.4, -0.2) is 23.3 Å². The number of aliphatic hydroxyl groups is 1. The highest BCUT2D eigenvalue weighted by Crippen LogP contribution is 2.34. The van der Waals surface area contributed by atoms with Crippen LogP contribution in [0.15, 0.2) is 12.4 Å². The van der Waals surface area contributed by atoms with Gasteiger partial charge in [0.25, 0.3) is 0 Å². The quantitative estimate of drug-likeness (QED) is 0.746. The topological polar surface area (TPSA) is 66.1 Å². The molecule has 2 heterocycles. The average molecular weight is 211 g/mol. The van der Waals surface area contributed by atoms with Crippen molar-refractivity contribution >= 4 is 11.6 Å². The number of nitriles is 1. The second-order valence-electron chi connectivity index (χ2n) is 3.18. The molecule has 0 radical (unpaired) electrons. The van der Waals surface area contributed by atoms with E-state index in [9.17, 15) is 5.11 Å². The van der Waals surface area contributed by atoms with Gasteiger partial charge in [-0.2, -0.15) is 5.26 Å². The van der Waals surface area contributed by atoms with Crippen molar-refractivity contribution in [1.29, 1.82) is 5.26 Å². The van der Waals surface area contributed by atoms with Crippen molar-refractivity contribution in [2.24, 2.45) is 0 Å². The molecular weight excluding hydrogens is 204 g/mol. The molecule has 0 aliphatic carbocycles. The fourth-order valence-corrected chi connectivity index (χ4v) is 1.61. The summed E-state index contributed by atoms with van der Waals surface area (Å²) in [6, 6.07) is 1.91. The van der Waals surface area contributed by atoms with Gasteiger partial charge >= 0.3 is 0 Å². The Labute approximate surface area is 85.7 Å². The molecule has 1 fully saturated rings. The number of ether oxygens (including phenoxy) is 1. The van der Waals surface area contributed by atoms with Crippen LogP contribution in [-0.2, 0) is 10.3 Å². The number of nitrogens with zero attached hydrogens (tertiary/aromatic N) is 2. The first-order valence-corrected chi connectivity index (χ1v) is 4.39. The highest BCUT2D eigenvalue weighted by molar-refractivity contribution is 6.32. The number of rotatable bonds is 1. The summed E-state index contributed by atoms with van der Waals surface area (Å²) in [5.74, 6) is 0. The zero-order chi connectivity index (χ0) is 10.2. The smallest absolute Gasteiger partial charge is 0.139 e. The van der Waals surface area contributed by atoms with Gasteiger partial charge in [-0.15, -0.1) is 0 Å². The van der Waals surface area contributed by atoms with Gasteiger partial charge in [0.05, 0.1) is 23.8 Å². The molecule has 0 aromatic carbocycles. The molecule has 1 aliphatic rings. The number of halogens is 1. The van der Waals surface area contributed by atoms with Crippen LogP contribution in [0, 0.1) is 11.3 Å². The lowest BCUT2D eigenvalue weighted by atomic mass is 9.93. The van der Waals surface area contributed by atoms with Crippen molar-refractivity contribution in [3.63, 3.8) is 0 Å². The minimum absolute atomic E-state index is 0.198. The van der Waals surface area contributed by atoms with E-state index in [-0.39, 0.29) is 23.8 Å². The van der Waals surface area contributed by atoms with Crippen molar-refractivity contribution < 1.29 is 9.84 Å². The van der Waals surface area contributed by atoms with E-state index >= 15 is 0 Å². The maximum atomic E-state index is 9.92. The first-order valence-electron chi connectivity index (χ1n) is 4.01. The van der Waals surface area contributed by atoms with Crippen molar-refractivity contribution in [2.75, 3.05) is 13.2 Å². The molecule has 0 spiro atoms. The lowest BCUT2D eigenvalue weighted by molar-refractivity contribution is -0.184. The molecule has 2 rings (SSSR count). The summed E-state index contributed by atoms with van der Waals surface area (Å²) in [5, 5.41) is 18.9. The Morgan fingerprint density at radius 3 is 2.79 bits per heavy atom. The third-order valence-electron chi connectivity index (χ3n) is 2.18. The summed E-state index contributed by atoms with van der Waals surface area (Å²) < 4.78 is 4.90. The molecule has 1 saturated heterocycles. The molecule has 1 aliphatic heterocycles. The fourth-order valence-electron chi connectivity index (χ4n) is 1.30. The molecule has 5 heteroatoms. The number of aromatic nitrogens is 1. The van der Waals surface area contributed by atoms with Crippen molar-refractivity contribution in [3.05, 3.63) is 28.5 Å². The first kappa shape index (κ1) is 9.41. The molecule has 1 aromatic heterocycles. The molecule has 1 N–H and O–H groups in total. The van der Waals surface area contributed by atoms with E-state index in [1.165, 1.54) is 12.4 Å². The number of hydrogen-bond acceptors (Lipinski definition) is 4. The van der Waals surface area contributed by atoms with E-state index in [2.05, 4.69) is 4.98 Å². The van der Waals surface area contributed by atoms with Gasteiger partial charge in [0, 0.05) is 18.0 Å². The van der Waals surface area contributed by atoms with Crippen molar-refractivity contribution in [3.8, 4) is 6.07 Å². The lowest BCUT2D eigenvalue weighted by Crippen LogP contribution is -2.46. The zero-order valence-corrected chi connectivity index (χ0v) is 7.95. The third kappa shape index (κ3) is 1.26. The van der Waals surface area contributed by atoms with Gasteiger partial charge in [-0.3, -0.25) is 4.98 Å². The normalized spacial score (nSPS) is 18.4. The summed E-state index contributed by atoms with van der Waals surface area (Å²) in [6.45, 7) is 0.395. The second-order valence-corrected chi connectivity index (χ2v) is 3.56. The van der Waals surface area contributed by atoms with Crippen LogP contribution >= 0.6 is 11.6 Å². The monoisotopic (exact) mass is 210 g/mol. The maximum Gasteiger partial charge on any atom is 0.139 e. The second kappa shape index (κ2) is 3.21. The zero-order valence-electron chi connectivity index (χ0n) is 7.20. The van der Waals surface area contributed by atoms with Crippen LogP contribution < -0.4 is 0 Å². The van der Waals surface area contributed by atoms with Crippen LogP contribution in [0.1, 0.15) is 11.1 Å². The molecule has 0 bridgehead atoms. The van der Waals surface area contributed by atoms with Crippen LogP contribution in [0.25, 0.3) is 0 Å². The summed E-state index contributed by atoms with van der Waals surface area (Å²) in [6.07, 6.45) is 2.83. The molecular formula is C9H7ClN2O2. The van der Waals surface area contributed by atoms with E-state index in [4.69, 9.17) is 21.6 Å². The van der Waals surface area contributed by atoms with Crippen molar-refractivity contribution in [2.45, 2.75) is 5.60 Å². The number of hydrogen-bond donors (Lipinski definition) is 1. The molecule has 0 atom stereocenters. The molecule has 4 nitrogen and oxygen atoms in total. The van der Waals surface area contributed by atoms with E-state index < -0.39 is 5.60 Å². The Morgan fingerprint density at radius 1 is 1.57 bits per heavy atom. The fraction of sp³-hybridized carbons (Fsp3) is 0.333. The third-order valence-corrected chi connectivity index (χ3v) is 2.59. The summed E-state index contributed by atoms with van der Waals surface area (Å²) >= 11 is 5.93. The van der Waals surface area contributed by atoms with E-state index in [0.717, 1.165) is 0 Å². The van der Waals surface area contributed by atoms with Crippen LogP contribution in [0.4, 0.5) is 0 Å². The van der Waals surface area contributed by atoms with E-state index in [1.807, 2.05) is 6.07 Å². The molecule has 72 valence electrons. The predicted molar refractivity (Wildman–Crippen MR) is 48.7 cm³/mol.